The first-order chi connectivity index (χ1) is 11.9. The van der Waals surface area contributed by atoms with Crippen molar-refractivity contribution in [3.63, 3.8) is 0 Å². The number of para-hydroxylation sites is 1. The molecule has 0 aromatic heterocycles. The first-order valence-corrected chi connectivity index (χ1v) is 8.22. The number of nitrogens with zero attached hydrogens (tertiary/aromatic N) is 1. The number of ether oxygens (including phenoxy) is 1. The van der Waals surface area contributed by atoms with Crippen molar-refractivity contribution < 1.29 is 23.6 Å². The molecule has 2 aromatic carbocycles. The third-order valence-corrected chi connectivity index (χ3v) is 4.25. The number of esters is 1. The maximum Gasteiger partial charge on any atom is 0.316 e. The quantitative estimate of drug-likeness (QED) is 0.245. The highest BCUT2D eigenvalue weighted by molar-refractivity contribution is 8.00. The van der Waals surface area contributed by atoms with E-state index in [1.807, 2.05) is 0 Å². The number of carbonyl (C=O) groups is 2. The molecule has 0 aliphatic carbocycles. The normalized spacial score (nSPS) is 11.6. The van der Waals surface area contributed by atoms with E-state index in [0.29, 0.717) is 4.90 Å². The molecule has 0 N–H and O–H groups in total. The van der Waals surface area contributed by atoms with Crippen molar-refractivity contribution in [2.24, 2.45) is 0 Å². The summed E-state index contributed by atoms with van der Waals surface area (Å²) in [7, 11) is 0. The monoisotopic (exact) mass is 363 g/mol. The summed E-state index contributed by atoms with van der Waals surface area (Å²) in [5, 5.41) is 10.9. The molecule has 8 heteroatoms. The summed E-state index contributed by atoms with van der Waals surface area (Å²) < 4.78 is 17.9. The number of hydrogen-bond acceptors (Lipinski definition) is 6. The second kappa shape index (κ2) is 8.39. The smallest absolute Gasteiger partial charge is 0.316 e. The largest absolute Gasteiger partial charge is 0.454 e. The topological polar surface area (TPSA) is 86.5 Å². The number of carbonyl (C=O) groups excluding carboxylic acids is 2. The number of rotatable bonds is 7. The molecule has 0 saturated carbocycles. The molecule has 0 unspecified atom stereocenters. The summed E-state index contributed by atoms with van der Waals surface area (Å²) in [6.45, 7) is 1.42. The van der Waals surface area contributed by atoms with E-state index in [-0.39, 0.29) is 17.0 Å². The molecule has 0 saturated heterocycles. The minimum Gasteiger partial charge on any atom is -0.454 e. The number of benzene rings is 2. The van der Waals surface area contributed by atoms with Crippen LogP contribution in [-0.2, 0) is 9.53 Å². The molecule has 130 valence electrons. The van der Waals surface area contributed by atoms with Gasteiger partial charge in [-0.05, 0) is 37.3 Å². The SMILES string of the molecule is C[C@H](OC(=O)CSc1ccccc1[N+](=O)[O-])C(=O)c1ccc(F)cc1. The van der Waals surface area contributed by atoms with Gasteiger partial charge >= 0.3 is 5.97 Å². The van der Waals surface area contributed by atoms with Crippen LogP contribution in [0.5, 0.6) is 0 Å². The highest BCUT2D eigenvalue weighted by atomic mass is 32.2. The van der Waals surface area contributed by atoms with Gasteiger partial charge in [-0.1, -0.05) is 12.1 Å². The van der Waals surface area contributed by atoms with E-state index in [0.717, 1.165) is 23.9 Å². The Morgan fingerprint density at radius 2 is 1.84 bits per heavy atom. The summed E-state index contributed by atoms with van der Waals surface area (Å²) in [5.41, 5.74) is 0.129. The maximum atomic E-state index is 12.9. The predicted molar refractivity (Wildman–Crippen MR) is 90.1 cm³/mol. The number of nitro groups is 1. The molecule has 0 spiro atoms. The lowest BCUT2D eigenvalue weighted by Gasteiger charge is -2.12. The Morgan fingerprint density at radius 3 is 2.48 bits per heavy atom. The number of thioether (sulfide) groups is 1. The zero-order valence-electron chi connectivity index (χ0n) is 13.2. The third kappa shape index (κ3) is 5.12. The van der Waals surface area contributed by atoms with Crippen LogP contribution in [0, 0.1) is 15.9 Å². The summed E-state index contributed by atoms with van der Waals surface area (Å²) in [6.07, 6.45) is -1.04. The van der Waals surface area contributed by atoms with Crippen LogP contribution in [0.2, 0.25) is 0 Å². The van der Waals surface area contributed by atoms with Crippen LogP contribution in [0.4, 0.5) is 10.1 Å². The number of nitro benzene ring substituents is 1. The van der Waals surface area contributed by atoms with E-state index in [4.69, 9.17) is 4.74 Å². The van der Waals surface area contributed by atoms with Crippen LogP contribution in [-0.4, -0.2) is 28.5 Å². The van der Waals surface area contributed by atoms with Gasteiger partial charge in [-0.25, -0.2) is 4.39 Å². The van der Waals surface area contributed by atoms with Crippen LogP contribution < -0.4 is 0 Å². The highest BCUT2D eigenvalue weighted by Crippen LogP contribution is 2.28. The lowest BCUT2D eigenvalue weighted by atomic mass is 10.1. The molecule has 0 radical (unpaired) electrons. The van der Waals surface area contributed by atoms with Crippen molar-refractivity contribution in [2.45, 2.75) is 17.9 Å². The van der Waals surface area contributed by atoms with E-state index in [1.54, 1.807) is 6.07 Å². The number of hydrogen-bond donors (Lipinski definition) is 0. The Morgan fingerprint density at radius 1 is 1.20 bits per heavy atom. The van der Waals surface area contributed by atoms with Gasteiger partial charge in [0.2, 0.25) is 5.78 Å². The number of Topliss-reactive ketones (excluding diaryl/α,β-unsaturated/α-hetero) is 1. The van der Waals surface area contributed by atoms with Crippen LogP contribution >= 0.6 is 11.8 Å². The summed E-state index contributed by atoms with van der Waals surface area (Å²) in [6, 6.07) is 10.9. The van der Waals surface area contributed by atoms with Gasteiger partial charge in [0.05, 0.1) is 15.6 Å². The summed E-state index contributed by atoms with van der Waals surface area (Å²) >= 11 is 0.958. The molecule has 0 bridgehead atoms. The van der Waals surface area contributed by atoms with Crippen molar-refractivity contribution in [1.82, 2.24) is 0 Å². The van der Waals surface area contributed by atoms with Crippen molar-refractivity contribution in [3.8, 4) is 0 Å². The minimum atomic E-state index is -1.04. The van der Waals surface area contributed by atoms with Crippen molar-refractivity contribution in [1.29, 1.82) is 0 Å². The first kappa shape index (κ1) is 18.6. The molecule has 0 aliphatic heterocycles. The second-order valence-corrected chi connectivity index (χ2v) is 6.03. The fraction of sp³-hybridized carbons (Fsp3) is 0.176. The Bertz CT molecular complexity index is 794. The first-order valence-electron chi connectivity index (χ1n) is 7.24. The molecular formula is C17H14FNO5S. The van der Waals surface area contributed by atoms with Gasteiger partial charge in [0.15, 0.2) is 6.10 Å². The molecule has 0 fully saturated rings. The summed E-state index contributed by atoms with van der Waals surface area (Å²) in [5.74, 6) is -1.77. The van der Waals surface area contributed by atoms with Gasteiger partial charge in [0, 0.05) is 11.6 Å². The molecule has 0 amide bonds. The predicted octanol–water partition coefficient (Wildman–Crippen LogP) is 3.64. The van der Waals surface area contributed by atoms with Gasteiger partial charge in [0.25, 0.3) is 5.69 Å². The molecule has 25 heavy (non-hydrogen) atoms. The zero-order chi connectivity index (χ0) is 18.4. The minimum absolute atomic E-state index is 0.101. The summed E-state index contributed by atoms with van der Waals surface area (Å²) in [4.78, 5) is 34.7. The molecule has 2 aromatic rings. The van der Waals surface area contributed by atoms with Crippen LogP contribution in [0.3, 0.4) is 0 Å². The lowest BCUT2D eigenvalue weighted by Crippen LogP contribution is -2.25. The van der Waals surface area contributed by atoms with E-state index in [2.05, 4.69) is 0 Å². The lowest BCUT2D eigenvalue weighted by molar-refractivity contribution is -0.387. The molecule has 1 atom stereocenters. The van der Waals surface area contributed by atoms with Crippen LogP contribution in [0.25, 0.3) is 0 Å². The van der Waals surface area contributed by atoms with Gasteiger partial charge < -0.3 is 4.74 Å². The van der Waals surface area contributed by atoms with Crippen LogP contribution in [0.1, 0.15) is 17.3 Å². The molecule has 2 rings (SSSR count). The van der Waals surface area contributed by atoms with Crippen LogP contribution in [0.15, 0.2) is 53.4 Å². The second-order valence-electron chi connectivity index (χ2n) is 5.02. The molecular weight excluding hydrogens is 349 g/mol. The zero-order valence-corrected chi connectivity index (χ0v) is 14.0. The average molecular weight is 363 g/mol. The number of halogens is 1. The van der Waals surface area contributed by atoms with Gasteiger partial charge in [-0.15, -0.1) is 11.8 Å². The molecule has 0 heterocycles. The van der Waals surface area contributed by atoms with Gasteiger partial charge in [0.1, 0.15) is 5.82 Å². The third-order valence-electron chi connectivity index (χ3n) is 3.21. The fourth-order valence-electron chi connectivity index (χ4n) is 2.00. The van der Waals surface area contributed by atoms with E-state index < -0.39 is 28.6 Å². The van der Waals surface area contributed by atoms with E-state index in [1.165, 1.54) is 37.3 Å². The van der Waals surface area contributed by atoms with Crippen molar-refractivity contribution >= 4 is 29.2 Å². The molecule has 0 aliphatic rings. The van der Waals surface area contributed by atoms with Crippen molar-refractivity contribution in [2.75, 3.05) is 5.75 Å². The number of ketones is 1. The molecule has 6 nitrogen and oxygen atoms in total. The Balaban J connectivity index is 1.93. The van der Waals surface area contributed by atoms with E-state index in [9.17, 15) is 24.1 Å². The standard InChI is InChI=1S/C17H14FNO5S/c1-11(17(21)12-6-8-13(18)9-7-12)24-16(20)10-25-15-5-3-2-4-14(15)19(22)23/h2-9,11H,10H2,1H3/t11-/m0/s1. The van der Waals surface area contributed by atoms with Crippen molar-refractivity contribution in [3.05, 3.63) is 70.0 Å². The van der Waals surface area contributed by atoms with E-state index >= 15 is 0 Å². The highest BCUT2D eigenvalue weighted by Gasteiger charge is 2.21. The van der Waals surface area contributed by atoms with Gasteiger partial charge in [-0.3, -0.25) is 19.7 Å². The van der Waals surface area contributed by atoms with Gasteiger partial charge in [-0.2, -0.15) is 0 Å². The Hall–Kier alpha value is -2.74. The fourth-order valence-corrected chi connectivity index (χ4v) is 2.81. The maximum absolute atomic E-state index is 12.9. The Kier molecular flexibility index (Phi) is 6.24. The Labute approximate surface area is 147 Å². The average Bonchev–Trinajstić information content (AvgIpc) is 2.60.